The topological polar surface area (TPSA) is 50.8 Å². The summed E-state index contributed by atoms with van der Waals surface area (Å²) in [5, 5.41) is 3.85. The highest BCUT2D eigenvalue weighted by Gasteiger charge is 2.31. The molecule has 136 valence electrons. The predicted octanol–water partition coefficient (Wildman–Crippen LogP) is 3.60. The van der Waals surface area contributed by atoms with Crippen LogP contribution in [0.15, 0.2) is 29.5 Å². The molecule has 0 saturated heterocycles. The summed E-state index contributed by atoms with van der Waals surface area (Å²) in [4.78, 5) is 14.1. The van der Waals surface area contributed by atoms with E-state index in [1.165, 1.54) is 0 Å². The van der Waals surface area contributed by atoms with E-state index in [0.717, 1.165) is 17.7 Å². The van der Waals surface area contributed by atoms with E-state index in [0.29, 0.717) is 35.4 Å². The maximum absolute atomic E-state index is 12.2. The van der Waals surface area contributed by atoms with Crippen molar-refractivity contribution < 1.29 is 14.3 Å². The second-order valence-corrected chi connectivity index (χ2v) is 6.37. The number of rotatable bonds is 7. The first-order valence-electron chi connectivity index (χ1n) is 8.56. The van der Waals surface area contributed by atoms with E-state index in [1.807, 2.05) is 44.0 Å². The number of ketones is 1. The number of nitrogens with one attached hydrogen (secondary N) is 1. The lowest BCUT2D eigenvalue weighted by Crippen LogP contribution is -2.45. The van der Waals surface area contributed by atoms with Crippen molar-refractivity contribution in [3.8, 4) is 11.5 Å². The molecule has 0 bridgehead atoms. The lowest BCUT2D eigenvalue weighted by molar-refractivity contribution is -0.114. The van der Waals surface area contributed by atoms with Gasteiger partial charge in [0.15, 0.2) is 22.4 Å². The number of Topliss-reactive ketones (excluding diaryl/α,β-unsaturated/α-hetero) is 1. The third kappa shape index (κ3) is 4.12. The third-order valence-electron chi connectivity index (χ3n) is 4.20. The second kappa shape index (κ2) is 8.34. The summed E-state index contributed by atoms with van der Waals surface area (Å²) in [5.74, 6) is 1.42. The Morgan fingerprint density at radius 3 is 2.60 bits per heavy atom. The lowest BCUT2D eigenvalue weighted by atomic mass is 9.92. The molecule has 1 atom stereocenters. The average molecular weight is 362 g/mol. The maximum atomic E-state index is 12.2. The molecule has 1 heterocycles. The fourth-order valence-corrected chi connectivity index (χ4v) is 3.10. The van der Waals surface area contributed by atoms with Crippen LogP contribution in [0.4, 0.5) is 0 Å². The average Bonchev–Trinajstić information content (AvgIpc) is 2.58. The fourth-order valence-electron chi connectivity index (χ4n) is 2.85. The van der Waals surface area contributed by atoms with Gasteiger partial charge in [-0.1, -0.05) is 13.0 Å². The van der Waals surface area contributed by atoms with Crippen molar-refractivity contribution in [2.75, 3.05) is 20.3 Å². The van der Waals surface area contributed by atoms with Gasteiger partial charge in [0.1, 0.15) is 0 Å². The molecule has 0 amide bonds. The fraction of sp³-hybridized carbons (Fsp3) is 0.474. The molecule has 1 aliphatic rings. The summed E-state index contributed by atoms with van der Waals surface area (Å²) in [5.41, 5.74) is 2.50. The molecule has 0 aromatic heterocycles. The molecular weight excluding hydrogens is 336 g/mol. The largest absolute Gasteiger partial charge is 0.490 e. The minimum Gasteiger partial charge on any atom is -0.490 e. The van der Waals surface area contributed by atoms with Crippen molar-refractivity contribution in [2.24, 2.45) is 0 Å². The number of nitrogens with zero attached hydrogens (tertiary/aromatic N) is 1. The van der Waals surface area contributed by atoms with Crippen LogP contribution in [0.5, 0.6) is 11.5 Å². The molecule has 1 N–H and O–H groups in total. The Hall–Kier alpha value is -2.08. The van der Waals surface area contributed by atoms with Gasteiger partial charge in [-0.3, -0.25) is 4.79 Å². The zero-order valence-electron chi connectivity index (χ0n) is 15.5. The van der Waals surface area contributed by atoms with E-state index in [-0.39, 0.29) is 11.8 Å². The van der Waals surface area contributed by atoms with Gasteiger partial charge in [-0.05, 0) is 57.1 Å². The van der Waals surface area contributed by atoms with Gasteiger partial charge >= 0.3 is 0 Å². The molecule has 2 rings (SSSR count). The highest BCUT2D eigenvalue weighted by molar-refractivity contribution is 7.80. The maximum Gasteiger partial charge on any atom is 0.173 e. The van der Waals surface area contributed by atoms with Gasteiger partial charge < -0.3 is 19.7 Å². The zero-order chi connectivity index (χ0) is 18.6. The molecule has 0 aliphatic carbocycles. The molecular formula is C19H26N2O3S. The summed E-state index contributed by atoms with van der Waals surface area (Å²) in [6.45, 7) is 8.67. The van der Waals surface area contributed by atoms with Crippen LogP contribution in [0.3, 0.4) is 0 Å². The molecule has 0 saturated carbocycles. The highest BCUT2D eigenvalue weighted by Crippen LogP contribution is 2.36. The quantitative estimate of drug-likeness (QED) is 0.748. The van der Waals surface area contributed by atoms with Crippen LogP contribution < -0.4 is 14.8 Å². The normalized spacial score (nSPS) is 17.4. The van der Waals surface area contributed by atoms with Gasteiger partial charge in [-0.25, -0.2) is 0 Å². The number of hydrogen-bond acceptors (Lipinski definition) is 4. The molecule has 1 aromatic carbocycles. The third-order valence-corrected chi connectivity index (χ3v) is 4.59. The Morgan fingerprint density at radius 2 is 2.00 bits per heavy atom. The minimum atomic E-state index is -0.291. The smallest absolute Gasteiger partial charge is 0.173 e. The molecule has 1 unspecified atom stereocenters. The van der Waals surface area contributed by atoms with Crippen molar-refractivity contribution in [3.63, 3.8) is 0 Å². The summed E-state index contributed by atoms with van der Waals surface area (Å²) in [7, 11) is 1.86. The Kier molecular flexibility index (Phi) is 6.42. The molecule has 5 nitrogen and oxygen atoms in total. The number of hydrogen-bond donors (Lipinski definition) is 1. The van der Waals surface area contributed by atoms with Crippen LogP contribution in [0.25, 0.3) is 0 Å². The van der Waals surface area contributed by atoms with Crippen molar-refractivity contribution in [3.05, 3.63) is 35.0 Å². The van der Waals surface area contributed by atoms with Crippen molar-refractivity contribution in [1.29, 1.82) is 0 Å². The Labute approximate surface area is 155 Å². The molecule has 0 radical (unpaired) electrons. The number of carbonyl (C=O) groups is 1. The van der Waals surface area contributed by atoms with Gasteiger partial charge in [-0.2, -0.15) is 0 Å². The Morgan fingerprint density at radius 1 is 1.28 bits per heavy atom. The minimum absolute atomic E-state index is 0.0219. The molecule has 25 heavy (non-hydrogen) atoms. The molecule has 1 aliphatic heterocycles. The van der Waals surface area contributed by atoms with Gasteiger partial charge in [-0.15, -0.1) is 0 Å². The van der Waals surface area contributed by atoms with Crippen LogP contribution >= 0.6 is 12.2 Å². The van der Waals surface area contributed by atoms with Crippen LogP contribution in [0.2, 0.25) is 0 Å². The molecule has 0 spiro atoms. The van der Waals surface area contributed by atoms with Crippen LogP contribution in [-0.2, 0) is 4.79 Å². The van der Waals surface area contributed by atoms with E-state index in [9.17, 15) is 4.79 Å². The van der Waals surface area contributed by atoms with Gasteiger partial charge in [0, 0.05) is 18.3 Å². The summed E-state index contributed by atoms with van der Waals surface area (Å²) < 4.78 is 11.5. The summed E-state index contributed by atoms with van der Waals surface area (Å²) >= 11 is 5.40. The van der Waals surface area contributed by atoms with E-state index in [1.54, 1.807) is 6.92 Å². The molecule has 0 fully saturated rings. The number of allylic oxidation sites excluding steroid dienone is 1. The molecule has 1 aromatic rings. The van der Waals surface area contributed by atoms with Crippen LogP contribution in [0, 0.1) is 0 Å². The second-order valence-electron chi connectivity index (χ2n) is 5.98. The van der Waals surface area contributed by atoms with Crippen molar-refractivity contribution >= 4 is 23.1 Å². The highest BCUT2D eigenvalue weighted by atomic mass is 32.1. The summed E-state index contributed by atoms with van der Waals surface area (Å²) in [6, 6.07) is 5.48. The van der Waals surface area contributed by atoms with Crippen molar-refractivity contribution in [2.45, 2.75) is 40.2 Å². The van der Waals surface area contributed by atoms with Crippen LogP contribution in [0.1, 0.15) is 45.7 Å². The summed E-state index contributed by atoms with van der Waals surface area (Å²) in [6.07, 6.45) is 0.925. The van der Waals surface area contributed by atoms with E-state index in [4.69, 9.17) is 21.7 Å². The first kappa shape index (κ1) is 19.2. The Bertz CT molecular complexity index is 700. The van der Waals surface area contributed by atoms with Crippen molar-refractivity contribution in [1.82, 2.24) is 10.2 Å². The zero-order valence-corrected chi connectivity index (χ0v) is 16.3. The van der Waals surface area contributed by atoms with E-state index >= 15 is 0 Å². The van der Waals surface area contributed by atoms with E-state index < -0.39 is 0 Å². The Balaban J connectivity index is 2.46. The lowest BCUT2D eigenvalue weighted by Gasteiger charge is -2.35. The monoisotopic (exact) mass is 362 g/mol. The number of ether oxygens (including phenoxy) is 2. The number of benzene rings is 1. The number of thiocarbonyl (C=S) groups is 1. The van der Waals surface area contributed by atoms with E-state index in [2.05, 4.69) is 12.2 Å². The molecule has 6 heteroatoms. The van der Waals surface area contributed by atoms with Gasteiger partial charge in [0.05, 0.1) is 19.3 Å². The SMILES string of the molecule is CCCOc1ccc(C2NC(=S)N(C)C(C)=C2C(C)=O)cc1OCC. The first-order chi connectivity index (χ1) is 11.9. The van der Waals surface area contributed by atoms with Crippen LogP contribution in [-0.4, -0.2) is 36.1 Å². The van der Waals surface area contributed by atoms with Gasteiger partial charge in [0.2, 0.25) is 0 Å². The number of carbonyl (C=O) groups excluding carboxylic acids is 1. The standard InChI is InChI=1S/C19H26N2O3S/c1-6-10-24-15-9-8-14(11-16(15)23-7-2)18-17(13(4)22)12(3)21(5)19(25)20-18/h8-9,11,18H,6-7,10H2,1-5H3,(H,20,25). The predicted molar refractivity (Wildman–Crippen MR) is 103 cm³/mol. The van der Waals surface area contributed by atoms with Gasteiger partial charge in [0.25, 0.3) is 0 Å². The first-order valence-corrected chi connectivity index (χ1v) is 8.96.